The normalized spacial score (nSPS) is 28.0. The fourth-order valence-electron chi connectivity index (χ4n) is 3.86. The summed E-state index contributed by atoms with van der Waals surface area (Å²) >= 11 is 0. The molecule has 0 spiro atoms. The first-order valence-corrected chi connectivity index (χ1v) is 7.61. The maximum absolute atomic E-state index is 12.9. The molecule has 1 aromatic heterocycles. The molecule has 0 bridgehead atoms. The summed E-state index contributed by atoms with van der Waals surface area (Å²) in [4.78, 5) is 19.3. The van der Waals surface area contributed by atoms with Crippen LogP contribution in [0.5, 0.6) is 0 Å². The number of benzene rings is 1. The van der Waals surface area contributed by atoms with E-state index in [2.05, 4.69) is 17.2 Å². The second kappa shape index (κ2) is 4.81. The van der Waals surface area contributed by atoms with Crippen LogP contribution in [0.15, 0.2) is 36.5 Å². The van der Waals surface area contributed by atoms with Gasteiger partial charge in [0.1, 0.15) is 5.69 Å². The predicted molar refractivity (Wildman–Crippen MR) is 82.1 cm³/mol. The van der Waals surface area contributed by atoms with Gasteiger partial charge in [-0.25, -0.2) is 0 Å². The van der Waals surface area contributed by atoms with Gasteiger partial charge in [-0.05, 0) is 30.2 Å². The summed E-state index contributed by atoms with van der Waals surface area (Å²) in [5, 5.41) is 5.45. The molecule has 2 fully saturated rings. The van der Waals surface area contributed by atoms with Crippen LogP contribution in [-0.2, 0) is 0 Å². The van der Waals surface area contributed by atoms with Crippen molar-refractivity contribution in [3.8, 4) is 0 Å². The highest BCUT2D eigenvalue weighted by atomic mass is 16.2. The topological polar surface area (TPSA) is 45.2 Å². The van der Waals surface area contributed by atoms with Gasteiger partial charge in [-0.15, -0.1) is 0 Å². The van der Waals surface area contributed by atoms with Crippen LogP contribution in [0, 0.1) is 11.8 Å². The maximum atomic E-state index is 12.9. The predicted octanol–water partition coefficient (Wildman–Crippen LogP) is 1.91. The summed E-state index contributed by atoms with van der Waals surface area (Å²) in [5.41, 5.74) is 0.591. The lowest BCUT2D eigenvalue weighted by molar-refractivity contribution is 0.0725. The largest absolute Gasteiger partial charge is 0.334 e. The molecule has 21 heavy (non-hydrogen) atoms. The molecule has 4 heteroatoms. The molecule has 0 radical (unpaired) electrons. The third-order valence-electron chi connectivity index (χ3n) is 5.07. The van der Waals surface area contributed by atoms with Crippen LogP contribution in [0.2, 0.25) is 0 Å². The number of carbonyl (C=O) groups excluding carboxylic acids is 1. The Morgan fingerprint density at radius 3 is 3.00 bits per heavy atom. The van der Waals surface area contributed by atoms with Gasteiger partial charge in [0.05, 0.1) is 0 Å². The van der Waals surface area contributed by atoms with E-state index in [0.717, 1.165) is 30.4 Å². The summed E-state index contributed by atoms with van der Waals surface area (Å²) in [7, 11) is 0. The molecule has 1 N–H and O–H groups in total. The first kappa shape index (κ1) is 12.8. The molecule has 0 saturated carbocycles. The maximum Gasteiger partial charge on any atom is 0.273 e. The van der Waals surface area contributed by atoms with Crippen LogP contribution in [0.1, 0.15) is 17.4 Å². The number of nitrogens with one attached hydrogen (secondary N) is 1. The molecule has 4 nitrogen and oxygen atoms in total. The van der Waals surface area contributed by atoms with E-state index in [9.17, 15) is 4.79 Å². The number of hydrogen-bond acceptors (Lipinski definition) is 3. The lowest BCUT2D eigenvalue weighted by Gasteiger charge is -2.24. The molecule has 3 unspecified atom stereocenters. The van der Waals surface area contributed by atoms with E-state index in [0.29, 0.717) is 23.6 Å². The van der Waals surface area contributed by atoms with Crippen molar-refractivity contribution in [3.05, 3.63) is 42.2 Å². The highest BCUT2D eigenvalue weighted by Gasteiger charge is 2.44. The molecule has 1 aromatic carbocycles. The number of carbonyl (C=O) groups is 1. The molecule has 2 aliphatic heterocycles. The molecule has 3 atom stereocenters. The Kier molecular flexibility index (Phi) is 2.93. The third-order valence-corrected chi connectivity index (χ3v) is 5.07. The average Bonchev–Trinajstić information content (AvgIpc) is 3.09. The summed E-state index contributed by atoms with van der Waals surface area (Å²) in [6.45, 7) is 5.07. The molecular formula is C17H19N3O. The van der Waals surface area contributed by atoms with Crippen LogP contribution in [0.4, 0.5) is 0 Å². The van der Waals surface area contributed by atoms with E-state index in [1.54, 1.807) is 6.20 Å². The minimum absolute atomic E-state index is 0.0775. The van der Waals surface area contributed by atoms with Crippen molar-refractivity contribution in [1.82, 2.24) is 15.2 Å². The summed E-state index contributed by atoms with van der Waals surface area (Å²) < 4.78 is 0. The monoisotopic (exact) mass is 281 g/mol. The van der Waals surface area contributed by atoms with Crippen molar-refractivity contribution in [1.29, 1.82) is 0 Å². The Labute approximate surface area is 124 Å². The van der Waals surface area contributed by atoms with Crippen LogP contribution in [0.3, 0.4) is 0 Å². The molecule has 3 heterocycles. The van der Waals surface area contributed by atoms with Crippen molar-refractivity contribution in [2.24, 2.45) is 11.8 Å². The molecule has 1 amide bonds. The third kappa shape index (κ3) is 1.94. The molecular weight excluding hydrogens is 262 g/mol. The number of nitrogens with zero attached hydrogens (tertiary/aromatic N) is 2. The van der Waals surface area contributed by atoms with Crippen LogP contribution in [0.25, 0.3) is 10.8 Å². The Morgan fingerprint density at radius 1 is 1.29 bits per heavy atom. The standard InChI is InChI=1S/C17H19N3O/c1-11-15-9-18-8-13(15)10-20(11)17(21)16-14-5-3-2-4-12(14)6-7-19-16/h2-7,11,13,15,18H,8-10H2,1H3. The molecule has 2 aromatic rings. The van der Waals surface area contributed by atoms with E-state index < -0.39 is 0 Å². The minimum Gasteiger partial charge on any atom is -0.334 e. The first-order valence-electron chi connectivity index (χ1n) is 7.61. The molecule has 2 aliphatic rings. The van der Waals surface area contributed by atoms with Gasteiger partial charge in [-0.1, -0.05) is 24.3 Å². The van der Waals surface area contributed by atoms with Crippen molar-refractivity contribution >= 4 is 16.7 Å². The second-order valence-electron chi connectivity index (χ2n) is 6.16. The molecule has 108 valence electrons. The van der Waals surface area contributed by atoms with Crippen LogP contribution >= 0.6 is 0 Å². The average molecular weight is 281 g/mol. The fraction of sp³-hybridized carbons (Fsp3) is 0.412. The van der Waals surface area contributed by atoms with Crippen LogP contribution < -0.4 is 5.32 Å². The van der Waals surface area contributed by atoms with Crippen molar-refractivity contribution < 1.29 is 4.79 Å². The Balaban J connectivity index is 1.71. The zero-order chi connectivity index (χ0) is 14.4. The number of rotatable bonds is 1. The lowest BCUT2D eigenvalue weighted by atomic mass is 9.95. The SMILES string of the molecule is CC1C2CNCC2CN1C(=O)c1nccc2ccccc12. The first-order chi connectivity index (χ1) is 10.3. The smallest absolute Gasteiger partial charge is 0.273 e. The van der Waals surface area contributed by atoms with Gasteiger partial charge in [0.15, 0.2) is 0 Å². The number of likely N-dealkylation sites (tertiary alicyclic amines) is 1. The zero-order valence-corrected chi connectivity index (χ0v) is 12.1. The summed E-state index contributed by atoms with van der Waals surface area (Å²) in [5.74, 6) is 1.26. The summed E-state index contributed by atoms with van der Waals surface area (Å²) in [6.07, 6.45) is 1.73. The Morgan fingerprint density at radius 2 is 2.14 bits per heavy atom. The van der Waals surface area contributed by atoms with Crippen molar-refractivity contribution in [3.63, 3.8) is 0 Å². The number of aromatic nitrogens is 1. The fourth-order valence-corrected chi connectivity index (χ4v) is 3.86. The van der Waals surface area contributed by atoms with E-state index in [4.69, 9.17) is 0 Å². The van der Waals surface area contributed by atoms with E-state index >= 15 is 0 Å². The number of hydrogen-bond donors (Lipinski definition) is 1. The zero-order valence-electron chi connectivity index (χ0n) is 12.1. The van der Waals surface area contributed by atoms with Gasteiger partial charge in [0.25, 0.3) is 5.91 Å². The van der Waals surface area contributed by atoms with E-state index in [1.165, 1.54) is 0 Å². The molecule has 4 rings (SSSR count). The van der Waals surface area contributed by atoms with E-state index in [-0.39, 0.29) is 5.91 Å². The number of pyridine rings is 1. The number of fused-ring (bicyclic) bond motifs is 2. The van der Waals surface area contributed by atoms with Crippen molar-refractivity contribution in [2.75, 3.05) is 19.6 Å². The van der Waals surface area contributed by atoms with Crippen LogP contribution in [-0.4, -0.2) is 41.5 Å². The van der Waals surface area contributed by atoms with Gasteiger partial charge < -0.3 is 10.2 Å². The van der Waals surface area contributed by atoms with Gasteiger partial charge >= 0.3 is 0 Å². The summed E-state index contributed by atoms with van der Waals surface area (Å²) in [6, 6.07) is 10.2. The highest BCUT2D eigenvalue weighted by Crippen LogP contribution is 2.33. The highest BCUT2D eigenvalue weighted by molar-refractivity contribution is 6.05. The van der Waals surface area contributed by atoms with Gasteiger partial charge in [0, 0.05) is 37.3 Å². The Bertz CT molecular complexity index is 694. The quantitative estimate of drug-likeness (QED) is 0.868. The molecule has 2 saturated heterocycles. The molecule has 0 aliphatic carbocycles. The lowest BCUT2D eigenvalue weighted by Crippen LogP contribution is -2.38. The Hall–Kier alpha value is -1.94. The van der Waals surface area contributed by atoms with E-state index in [1.807, 2.05) is 35.2 Å². The second-order valence-corrected chi connectivity index (χ2v) is 6.16. The van der Waals surface area contributed by atoms with Crippen molar-refractivity contribution in [2.45, 2.75) is 13.0 Å². The van der Waals surface area contributed by atoms with Gasteiger partial charge in [-0.3, -0.25) is 9.78 Å². The van der Waals surface area contributed by atoms with Gasteiger partial charge in [-0.2, -0.15) is 0 Å². The van der Waals surface area contributed by atoms with Gasteiger partial charge in [0.2, 0.25) is 0 Å². The number of amides is 1. The minimum atomic E-state index is 0.0775.